The molecule has 4 nitrogen and oxygen atoms in total. The predicted molar refractivity (Wildman–Crippen MR) is 70.5 cm³/mol. The zero-order valence-corrected chi connectivity index (χ0v) is 12.1. The van der Waals surface area contributed by atoms with Crippen LogP contribution in [0.3, 0.4) is 0 Å². The Morgan fingerprint density at radius 2 is 2.18 bits per heavy atom. The maximum Gasteiger partial charge on any atom is 0.244 e. The first-order valence-electron chi connectivity index (χ1n) is 5.12. The molecule has 0 spiro atoms. The molecular weight excluding hydrogens is 328 g/mol. The van der Waals surface area contributed by atoms with Crippen LogP contribution in [0.2, 0.25) is 5.02 Å². The smallest absolute Gasteiger partial charge is 0.244 e. The van der Waals surface area contributed by atoms with Crippen molar-refractivity contribution >= 4 is 37.6 Å². The van der Waals surface area contributed by atoms with Crippen LogP contribution in [-0.4, -0.2) is 31.9 Å². The third-order valence-corrected chi connectivity index (χ3v) is 6.04. The van der Waals surface area contributed by atoms with E-state index in [0.717, 1.165) is 0 Å². The Hall–Kier alpha value is -0.140. The molecule has 2 rings (SSSR count). The van der Waals surface area contributed by atoms with Crippen molar-refractivity contribution in [1.29, 1.82) is 0 Å². The summed E-state index contributed by atoms with van der Waals surface area (Å²) in [5.74, 6) is 0. The molecule has 17 heavy (non-hydrogen) atoms. The lowest BCUT2D eigenvalue weighted by Crippen LogP contribution is -2.32. The van der Waals surface area contributed by atoms with Crippen LogP contribution in [0.5, 0.6) is 0 Å². The zero-order chi connectivity index (χ0) is 12.6. The van der Waals surface area contributed by atoms with Gasteiger partial charge in [-0.2, -0.15) is 4.31 Å². The fourth-order valence-electron chi connectivity index (χ4n) is 1.79. The highest BCUT2D eigenvalue weighted by molar-refractivity contribution is 9.10. The van der Waals surface area contributed by atoms with Gasteiger partial charge in [-0.15, -0.1) is 0 Å². The maximum atomic E-state index is 12.3. The van der Waals surface area contributed by atoms with Crippen LogP contribution in [0.15, 0.2) is 27.6 Å². The molecule has 1 saturated heterocycles. The molecule has 1 aliphatic rings. The molecule has 0 bridgehead atoms. The molecule has 94 valence electrons. The minimum Gasteiger partial charge on any atom is -0.326 e. The molecule has 1 fully saturated rings. The van der Waals surface area contributed by atoms with E-state index in [4.69, 9.17) is 17.3 Å². The fourth-order valence-corrected chi connectivity index (χ4v) is 4.31. The third-order valence-electron chi connectivity index (χ3n) is 2.72. The van der Waals surface area contributed by atoms with Gasteiger partial charge in [0.2, 0.25) is 10.0 Å². The summed E-state index contributed by atoms with van der Waals surface area (Å²) in [6.07, 6.45) is 0.685. The molecule has 0 saturated carbocycles. The first kappa shape index (κ1) is 13.3. The van der Waals surface area contributed by atoms with Crippen LogP contribution in [0.1, 0.15) is 6.42 Å². The number of nitrogens with zero attached hydrogens (tertiary/aromatic N) is 1. The van der Waals surface area contributed by atoms with Crippen molar-refractivity contribution < 1.29 is 8.42 Å². The molecule has 2 N–H and O–H groups in total. The Labute approximate surface area is 114 Å². The van der Waals surface area contributed by atoms with E-state index in [1.54, 1.807) is 12.1 Å². The van der Waals surface area contributed by atoms with Crippen molar-refractivity contribution in [2.45, 2.75) is 17.4 Å². The maximum absolute atomic E-state index is 12.3. The Kier molecular flexibility index (Phi) is 3.80. The number of hydrogen-bond donors (Lipinski definition) is 1. The van der Waals surface area contributed by atoms with E-state index in [0.29, 0.717) is 24.0 Å². The lowest BCUT2D eigenvalue weighted by molar-refractivity contribution is 0.472. The van der Waals surface area contributed by atoms with E-state index < -0.39 is 10.0 Å². The fraction of sp³-hybridized carbons (Fsp3) is 0.400. The van der Waals surface area contributed by atoms with Crippen LogP contribution in [0.4, 0.5) is 0 Å². The molecule has 0 unspecified atom stereocenters. The Morgan fingerprint density at radius 1 is 1.47 bits per heavy atom. The summed E-state index contributed by atoms with van der Waals surface area (Å²) in [7, 11) is -3.53. The number of hydrogen-bond acceptors (Lipinski definition) is 3. The molecular formula is C10H12BrClN2O2S. The van der Waals surface area contributed by atoms with Gasteiger partial charge < -0.3 is 5.73 Å². The molecule has 0 aromatic heterocycles. The molecule has 1 atom stereocenters. The summed E-state index contributed by atoms with van der Waals surface area (Å²) in [5.41, 5.74) is 5.72. The van der Waals surface area contributed by atoms with Gasteiger partial charge in [-0.25, -0.2) is 8.42 Å². The number of benzene rings is 1. The van der Waals surface area contributed by atoms with Crippen LogP contribution in [-0.2, 0) is 10.0 Å². The van der Waals surface area contributed by atoms with Crippen LogP contribution in [0.25, 0.3) is 0 Å². The molecule has 0 radical (unpaired) electrons. The third kappa shape index (κ3) is 2.51. The Bertz CT molecular complexity index is 535. The normalized spacial score (nSPS) is 21.9. The van der Waals surface area contributed by atoms with Crippen molar-refractivity contribution in [2.75, 3.05) is 13.1 Å². The van der Waals surface area contributed by atoms with Gasteiger partial charge in [-0.3, -0.25) is 0 Å². The van der Waals surface area contributed by atoms with Gasteiger partial charge >= 0.3 is 0 Å². The quantitative estimate of drug-likeness (QED) is 0.894. The van der Waals surface area contributed by atoms with E-state index in [2.05, 4.69) is 15.9 Å². The first-order valence-corrected chi connectivity index (χ1v) is 7.74. The average molecular weight is 340 g/mol. The van der Waals surface area contributed by atoms with Crippen molar-refractivity contribution in [3.8, 4) is 0 Å². The Morgan fingerprint density at radius 3 is 2.76 bits per heavy atom. The Balaban J connectivity index is 2.42. The second-order valence-electron chi connectivity index (χ2n) is 3.96. The highest BCUT2D eigenvalue weighted by Crippen LogP contribution is 2.32. The second kappa shape index (κ2) is 4.85. The molecule has 1 aliphatic heterocycles. The lowest BCUT2D eigenvalue weighted by atomic mass is 10.3. The largest absolute Gasteiger partial charge is 0.326 e. The minimum absolute atomic E-state index is 0.0873. The predicted octanol–water partition coefficient (Wildman–Crippen LogP) is 1.82. The minimum atomic E-state index is -3.53. The van der Waals surface area contributed by atoms with Gasteiger partial charge in [0.05, 0.1) is 5.02 Å². The van der Waals surface area contributed by atoms with Crippen molar-refractivity contribution in [2.24, 2.45) is 5.73 Å². The first-order chi connectivity index (χ1) is 7.93. The average Bonchev–Trinajstić information content (AvgIpc) is 2.69. The molecule has 1 aromatic carbocycles. The molecule has 1 aromatic rings. The highest BCUT2D eigenvalue weighted by Gasteiger charge is 2.32. The van der Waals surface area contributed by atoms with Gasteiger partial charge in [0.15, 0.2) is 0 Å². The van der Waals surface area contributed by atoms with E-state index in [1.165, 1.54) is 10.4 Å². The van der Waals surface area contributed by atoms with Crippen molar-refractivity contribution in [3.05, 3.63) is 27.7 Å². The summed E-state index contributed by atoms with van der Waals surface area (Å²) in [4.78, 5) is 0.127. The van der Waals surface area contributed by atoms with Crippen LogP contribution in [0, 0.1) is 0 Å². The van der Waals surface area contributed by atoms with Gasteiger partial charge in [0, 0.05) is 23.6 Å². The monoisotopic (exact) mass is 338 g/mol. The van der Waals surface area contributed by atoms with Gasteiger partial charge in [0.1, 0.15) is 4.90 Å². The van der Waals surface area contributed by atoms with E-state index in [-0.39, 0.29) is 16.0 Å². The standard InChI is InChI=1S/C10H12BrClN2O2S/c11-8-2-1-3-9(10(8)12)17(15,16)14-5-4-7(13)6-14/h1-3,7H,4-6,13H2/t7-/m0/s1. The summed E-state index contributed by atoms with van der Waals surface area (Å²) in [6, 6.07) is 4.78. The molecule has 1 heterocycles. The van der Waals surface area contributed by atoms with E-state index in [1.807, 2.05) is 0 Å². The van der Waals surface area contributed by atoms with Gasteiger partial charge in [-0.1, -0.05) is 17.7 Å². The topological polar surface area (TPSA) is 63.4 Å². The summed E-state index contributed by atoms with van der Waals surface area (Å²) in [5, 5.41) is 0.216. The molecule has 0 amide bonds. The summed E-state index contributed by atoms with van der Waals surface area (Å²) >= 11 is 9.23. The van der Waals surface area contributed by atoms with Crippen LogP contribution >= 0.6 is 27.5 Å². The van der Waals surface area contributed by atoms with Gasteiger partial charge in [0.25, 0.3) is 0 Å². The SMILES string of the molecule is N[C@H]1CCN(S(=O)(=O)c2cccc(Br)c2Cl)C1. The molecule has 7 heteroatoms. The summed E-state index contributed by atoms with van der Waals surface area (Å²) < 4.78 is 26.6. The van der Waals surface area contributed by atoms with Crippen LogP contribution < -0.4 is 5.73 Å². The highest BCUT2D eigenvalue weighted by atomic mass is 79.9. The summed E-state index contributed by atoms with van der Waals surface area (Å²) in [6.45, 7) is 0.803. The van der Waals surface area contributed by atoms with Crippen molar-refractivity contribution in [3.63, 3.8) is 0 Å². The number of halogens is 2. The second-order valence-corrected chi connectivity index (χ2v) is 7.10. The zero-order valence-electron chi connectivity index (χ0n) is 8.94. The van der Waals surface area contributed by atoms with E-state index in [9.17, 15) is 8.42 Å². The van der Waals surface area contributed by atoms with Gasteiger partial charge in [-0.05, 0) is 34.5 Å². The number of sulfonamides is 1. The molecule has 0 aliphatic carbocycles. The van der Waals surface area contributed by atoms with Crippen molar-refractivity contribution in [1.82, 2.24) is 4.31 Å². The lowest BCUT2D eigenvalue weighted by Gasteiger charge is -2.17. The number of rotatable bonds is 2. The number of nitrogens with two attached hydrogens (primary N) is 1. The van der Waals surface area contributed by atoms with E-state index >= 15 is 0 Å².